The van der Waals surface area contributed by atoms with Crippen molar-refractivity contribution >= 4 is 11.9 Å². The van der Waals surface area contributed by atoms with Crippen LogP contribution in [0.1, 0.15) is 29.6 Å². The number of amides is 1. The van der Waals surface area contributed by atoms with Crippen molar-refractivity contribution in [3.8, 4) is 11.3 Å². The third-order valence-corrected chi connectivity index (χ3v) is 6.13. The number of aromatic amines is 1. The number of likely N-dealkylation sites (N-methyl/N-ethyl adjacent to an activating group) is 1. The minimum Gasteiger partial charge on any atom is -0.461 e. The Kier molecular flexibility index (Phi) is 5.47. The number of piperidine rings is 1. The first-order valence-corrected chi connectivity index (χ1v) is 10.3. The van der Waals surface area contributed by atoms with E-state index in [4.69, 9.17) is 4.74 Å². The Hall–Kier alpha value is -2.93. The van der Waals surface area contributed by atoms with Crippen LogP contribution in [0.25, 0.3) is 11.3 Å². The molecule has 0 aliphatic carbocycles. The molecule has 0 bridgehead atoms. The molecule has 3 heterocycles. The lowest BCUT2D eigenvalue weighted by Gasteiger charge is -2.36. The molecule has 2 aromatic rings. The Labute approximate surface area is 175 Å². The zero-order valence-electron chi connectivity index (χ0n) is 17.4. The molecule has 1 aromatic heterocycles. The maximum absolute atomic E-state index is 12.9. The van der Waals surface area contributed by atoms with E-state index in [9.17, 15) is 14.4 Å². The van der Waals surface area contributed by atoms with Gasteiger partial charge in [-0.3, -0.25) is 14.4 Å². The average Bonchev–Trinajstić information content (AvgIpc) is 3.02. The molecule has 158 valence electrons. The molecule has 30 heavy (non-hydrogen) atoms. The van der Waals surface area contributed by atoms with Gasteiger partial charge in [0.25, 0.3) is 11.5 Å². The summed E-state index contributed by atoms with van der Waals surface area (Å²) in [4.78, 5) is 44.5. The van der Waals surface area contributed by atoms with Gasteiger partial charge in [-0.2, -0.15) is 0 Å². The van der Waals surface area contributed by atoms with Gasteiger partial charge in [-0.05, 0) is 44.6 Å². The number of carbonyl (C=O) groups is 2. The molecule has 4 rings (SSSR count). The highest BCUT2D eigenvalue weighted by molar-refractivity contribution is 5.94. The van der Waals surface area contributed by atoms with E-state index in [-0.39, 0.29) is 23.5 Å². The van der Waals surface area contributed by atoms with Crippen LogP contribution >= 0.6 is 0 Å². The van der Waals surface area contributed by atoms with E-state index in [2.05, 4.69) is 4.98 Å². The Bertz CT molecular complexity index is 991. The quantitative estimate of drug-likeness (QED) is 0.783. The molecule has 2 saturated heterocycles. The number of likely N-dealkylation sites (tertiary alicyclic amines) is 1. The van der Waals surface area contributed by atoms with Gasteiger partial charge in [-0.25, -0.2) is 0 Å². The third kappa shape index (κ3) is 3.89. The number of cyclic esters (lactones) is 1. The second-order valence-electron chi connectivity index (χ2n) is 8.55. The van der Waals surface area contributed by atoms with Crippen LogP contribution in [0.15, 0.2) is 47.3 Å². The molecule has 7 nitrogen and oxygen atoms in total. The number of hydrogen-bond acceptors (Lipinski definition) is 5. The number of ether oxygens (including phenoxy) is 1. The largest absolute Gasteiger partial charge is 0.461 e. The van der Waals surface area contributed by atoms with E-state index < -0.39 is 11.0 Å². The Balaban J connectivity index is 1.44. The molecule has 1 spiro atoms. The van der Waals surface area contributed by atoms with E-state index in [1.807, 2.05) is 49.3 Å². The average molecular weight is 409 g/mol. The molecule has 1 amide bonds. The van der Waals surface area contributed by atoms with Gasteiger partial charge in [0.15, 0.2) is 0 Å². The predicted octanol–water partition coefficient (Wildman–Crippen LogP) is 2.14. The summed E-state index contributed by atoms with van der Waals surface area (Å²) in [6, 6.07) is 12.9. The van der Waals surface area contributed by atoms with E-state index in [0.717, 1.165) is 5.56 Å². The zero-order valence-corrected chi connectivity index (χ0v) is 17.4. The number of rotatable bonds is 4. The summed E-state index contributed by atoms with van der Waals surface area (Å²) in [6.45, 7) is 1.60. The first-order chi connectivity index (χ1) is 14.4. The molecule has 1 aromatic carbocycles. The first-order valence-electron chi connectivity index (χ1n) is 10.3. The van der Waals surface area contributed by atoms with Crippen molar-refractivity contribution in [1.82, 2.24) is 14.8 Å². The van der Waals surface area contributed by atoms with Gasteiger partial charge >= 0.3 is 5.97 Å². The number of pyridine rings is 1. The SMILES string of the molecule is CN(C)CC1CC2(CCN(C(=O)c3ccc(-c4ccccc4)[nH]c3=O)CC2)C(=O)O1. The number of H-pyrrole nitrogens is 1. The standard InChI is InChI=1S/C23H27N3O4/c1-25(2)15-17-14-23(22(29)30-17)10-12-26(13-11-23)21(28)18-8-9-19(24-20(18)27)16-6-4-3-5-7-16/h3-9,17H,10-15H2,1-2H3,(H,24,27). The second-order valence-corrected chi connectivity index (χ2v) is 8.55. The van der Waals surface area contributed by atoms with Crippen molar-refractivity contribution in [2.75, 3.05) is 33.7 Å². The Morgan fingerprint density at radius 2 is 1.83 bits per heavy atom. The number of aromatic nitrogens is 1. The lowest BCUT2D eigenvalue weighted by atomic mass is 9.76. The number of benzene rings is 1. The zero-order chi connectivity index (χ0) is 21.3. The molecular weight excluding hydrogens is 382 g/mol. The van der Waals surface area contributed by atoms with Crippen LogP contribution in [0.4, 0.5) is 0 Å². The van der Waals surface area contributed by atoms with E-state index in [0.29, 0.717) is 44.6 Å². The molecule has 2 aliphatic heterocycles. The summed E-state index contributed by atoms with van der Waals surface area (Å²) >= 11 is 0. The fourth-order valence-corrected chi connectivity index (χ4v) is 4.49. The van der Waals surface area contributed by atoms with Crippen LogP contribution < -0.4 is 5.56 Å². The van der Waals surface area contributed by atoms with Gasteiger partial charge in [0.05, 0.1) is 5.41 Å². The summed E-state index contributed by atoms with van der Waals surface area (Å²) in [7, 11) is 3.92. The number of hydrogen-bond donors (Lipinski definition) is 1. The molecule has 0 saturated carbocycles. The number of nitrogens with one attached hydrogen (secondary N) is 1. The summed E-state index contributed by atoms with van der Waals surface area (Å²) in [5.41, 5.74) is 0.801. The minimum absolute atomic E-state index is 0.0943. The molecular formula is C23H27N3O4. The summed E-state index contributed by atoms with van der Waals surface area (Å²) in [5, 5.41) is 0. The normalized spacial score (nSPS) is 20.6. The lowest BCUT2D eigenvalue weighted by molar-refractivity contribution is -0.150. The van der Waals surface area contributed by atoms with E-state index in [1.165, 1.54) is 0 Å². The monoisotopic (exact) mass is 409 g/mol. The maximum atomic E-state index is 12.9. The third-order valence-electron chi connectivity index (χ3n) is 6.13. The fraction of sp³-hybridized carbons (Fsp3) is 0.435. The van der Waals surface area contributed by atoms with Crippen LogP contribution in [-0.4, -0.2) is 66.5 Å². The van der Waals surface area contributed by atoms with Crippen LogP contribution in [0, 0.1) is 5.41 Å². The van der Waals surface area contributed by atoms with Crippen molar-refractivity contribution in [2.24, 2.45) is 5.41 Å². The summed E-state index contributed by atoms with van der Waals surface area (Å²) < 4.78 is 5.58. The van der Waals surface area contributed by atoms with Gasteiger partial charge < -0.3 is 19.5 Å². The van der Waals surface area contributed by atoms with Crippen LogP contribution in [-0.2, 0) is 9.53 Å². The van der Waals surface area contributed by atoms with E-state index in [1.54, 1.807) is 17.0 Å². The predicted molar refractivity (Wildman–Crippen MR) is 113 cm³/mol. The van der Waals surface area contributed by atoms with Crippen LogP contribution in [0.2, 0.25) is 0 Å². The highest BCUT2D eigenvalue weighted by atomic mass is 16.6. The molecule has 0 radical (unpaired) electrons. The van der Waals surface area contributed by atoms with E-state index >= 15 is 0 Å². The lowest BCUT2D eigenvalue weighted by Crippen LogP contribution is -2.46. The number of nitrogens with zero attached hydrogens (tertiary/aromatic N) is 2. The van der Waals surface area contributed by atoms with Crippen molar-refractivity contribution in [3.05, 3.63) is 58.4 Å². The van der Waals surface area contributed by atoms with Gasteiger partial charge in [0.2, 0.25) is 0 Å². The molecule has 2 aliphatic rings. The topological polar surface area (TPSA) is 82.7 Å². The highest BCUT2D eigenvalue weighted by Gasteiger charge is 2.50. The number of esters is 1. The van der Waals surface area contributed by atoms with Crippen molar-refractivity contribution < 1.29 is 14.3 Å². The van der Waals surface area contributed by atoms with Crippen molar-refractivity contribution in [1.29, 1.82) is 0 Å². The fourth-order valence-electron chi connectivity index (χ4n) is 4.49. The smallest absolute Gasteiger partial charge is 0.312 e. The molecule has 7 heteroatoms. The molecule has 2 fully saturated rings. The number of carbonyl (C=O) groups excluding carboxylic acids is 2. The second kappa shape index (κ2) is 8.07. The maximum Gasteiger partial charge on any atom is 0.312 e. The Morgan fingerprint density at radius 1 is 1.13 bits per heavy atom. The van der Waals surface area contributed by atoms with Crippen LogP contribution in [0.5, 0.6) is 0 Å². The molecule has 1 N–H and O–H groups in total. The van der Waals surface area contributed by atoms with Crippen molar-refractivity contribution in [2.45, 2.75) is 25.4 Å². The van der Waals surface area contributed by atoms with Gasteiger partial charge in [0, 0.05) is 31.7 Å². The van der Waals surface area contributed by atoms with Gasteiger partial charge in [0.1, 0.15) is 11.7 Å². The molecule has 1 atom stereocenters. The Morgan fingerprint density at radius 3 is 2.47 bits per heavy atom. The summed E-state index contributed by atoms with van der Waals surface area (Å²) in [6.07, 6.45) is 1.74. The van der Waals surface area contributed by atoms with Gasteiger partial charge in [-0.15, -0.1) is 0 Å². The summed E-state index contributed by atoms with van der Waals surface area (Å²) in [5.74, 6) is -0.437. The van der Waals surface area contributed by atoms with Crippen LogP contribution in [0.3, 0.4) is 0 Å². The molecule has 1 unspecified atom stereocenters. The van der Waals surface area contributed by atoms with Crippen molar-refractivity contribution in [3.63, 3.8) is 0 Å². The van der Waals surface area contributed by atoms with Gasteiger partial charge in [-0.1, -0.05) is 30.3 Å². The first kappa shape index (κ1) is 20.3. The highest BCUT2D eigenvalue weighted by Crippen LogP contribution is 2.43. The minimum atomic E-state index is -0.499.